The Bertz CT molecular complexity index is 397. The summed E-state index contributed by atoms with van der Waals surface area (Å²) in [5.41, 5.74) is 0. The first kappa shape index (κ1) is 25.4. The van der Waals surface area contributed by atoms with Gasteiger partial charge in [-0.15, -0.1) is 24.0 Å². The summed E-state index contributed by atoms with van der Waals surface area (Å²) in [6, 6.07) is 1.16. The van der Waals surface area contributed by atoms with Crippen LogP contribution in [-0.2, 0) is 9.53 Å². The van der Waals surface area contributed by atoms with Crippen molar-refractivity contribution in [3.8, 4) is 0 Å². The standard InChI is InChI=1S/C19H38N4O2.HI/c1-5-25-18(24)10-8-6-7-9-13-21-19(20-4)22-17-11-14-23(15-12-17)16(2)3;/h16-17H,5-15H2,1-4H3,(H2,20,21,22);1H. The zero-order valence-corrected chi connectivity index (χ0v) is 19.4. The highest BCUT2D eigenvalue weighted by Crippen LogP contribution is 2.12. The van der Waals surface area contributed by atoms with Crippen LogP contribution >= 0.6 is 24.0 Å². The number of aliphatic imine (C=N–C) groups is 1. The third kappa shape index (κ3) is 11.2. The molecule has 7 heteroatoms. The van der Waals surface area contributed by atoms with Gasteiger partial charge in [0.25, 0.3) is 0 Å². The van der Waals surface area contributed by atoms with Gasteiger partial charge in [0.2, 0.25) is 0 Å². The van der Waals surface area contributed by atoms with Crippen LogP contribution in [0, 0.1) is 0 Å². The Morgan fingerprint density at radius 2 is 1.85 bits per heavy atom. The molecule has 0 aromatic heterocycles. The zero-order chi connectivity index (χ0) is 18.5. The maximum absolute atomic E-state index is 11.2. The fraction of sp³-hybridized carbons (Fsp3) is 0.895. The number of rotatable bonds is 10. The molecule has 2 N–H and O–H groups in total. The third-order valence-electron chi connectivity index (χ3n) is 4.73. The molecular weight excluding hydrogens is 443 g/mol. The normalized spacial score (nSPS) is 16.3. The van der Waals surface area contributed by atoms with Crippen LogP contribution in [-0.4, -0.2) is 62.2 Å². The highest BCUT2D eigenvalue weighted by molar-refractivity contribution is 14.0. The fourth-order valence-corrected chi connectivity index (χ4v) is 3.14. The van der Waals surface area contributed by atoms with Crippen molar-refractivity contribution < 1.29 is 9.53 Å². The van der Waals surface area contributed by atoms with Gasteiger partial charge >= 0.3 is 5.97 Å². The lowest BCUT2D eigenvalue weighted by molar-refractivity contribution is -0.143. The van der Waals surface area contributed by atoms with E-state index in [2.05, 4.69) is 34.4 Å². The van der Waals surface area contributed by atoms with Crippen molar-refractivity contribution in [2.75, 3.05) is 33.3 Å². The Morgan fingerprint density at radius 1 is 1.19 bits per heavy atom. The van der Waals surface area contributed by atoms with Crippen LogP contribution in [0.15, 0.2) is 4.99 Å². The minimum absolute atomic E-state index is 0. The second-order valence-corrected chi connectivity index (χ2v) is 7.02. The minimum atomic E-state index is -0.0752. The number of nitrogens with zero attached hydrogens (tertiary/aromatic N) is 2. The number of hydrogen-bond acceptors (Lipinski definition) is 4. The SMILES string of the molecule is CCOC(=O)CCCCCCNC(=NC)NC1CCN(C(C)C)CC1.I. The van der Waals surface area contributed by atoms with E-state index in [0.29, 0.717) is 25.1 Å². The summed E-state index contributed by atoms with van der Waals surface area (Å²) in [4.78, 5) is 18.1. The number of carbonyl (C=O) groups is 1. The van der Waals surface area contributed by atoms with Crippen molar-refractivity contribution >= 4 is 35.9 Å². The first-order valence-corrected chi connectivity index (χ1v) is 9.93. The number of piperidine rings is 1. The van der Waals surface area contributed by atoms with Crippen molar-refractivity contribution in [1.29, 1.82) is 0 Å². The van der Waals surface area contributed by atoms with Gasteiger partial charge in [0.15, 0.2) is 5.96 Å². The van der Waals surface area contributed by atoms with Crippen molar-refractivity contribution in [3.63, 3.8) is 0 Å². The number of carbonyl (C=O) groups excluding carboxylic acids is 1. The number of halogens is 1. The predicted octanol–water partition coefficient (Wildman–Crippen LogP) is 3.16. The molecule has 0 atom stereocenters. The van der Waals surface area contributed by atoms with Gasteiger partial charge in [0.1, 0.15) is 0 Å². The van der Waals surface area contributed by atoms with Crippen molar-refractivity contribution in [2.24, 2.45) is 4.99 Å². The molecular formula is C19H39IN4O2. The van der Waals surface area contributed by atoms with Gasteiger partial charge in [-0.2, -0.15) is 0 Å². The van der Waals surface area contributed by atoms with E-state index >= 15 is 0 Å². The predicted molar refractivity (Wildman–Crippen MR) is 119 cm³/mol. The highest BCUT2D eigenvalue weighted by atomic mass is 127. The van der Waals surface area contributed by atoms with Crippen LogP contribution in [0.5, 0.6) is 0 Å². The molecule has 6 nitrogen and oxygen atoms in total. The number of esters is 1. The largest absolute Gasteiger partial charge is 0.466 e. The van der Waals surface area contributed by atoms with E-state index in [9.17, 15) is 4.79 Å². The summed E-state index contributed by atoms with van der Waals surface area (Å²) >= 11 is 0. The molecule has 0 aromatic carbocycles. The third-order valence-corrected chi connectivity index (χ3v) is 4.73. The summed E-state index contributed by atoms with van der Waals surface area (Å²) < 4.78 is 4.93. The Morgan fingerprint density at radius 3 is 2.42 bits per heavy atom. The molecule has 0 unspecified atom stereocenters. The fourth-order valence-electron chi connectivity index (χ4n) is 3.14. The summed E-state index contributed by atoms with van der Waals surface area (Å²) in [6.07, 6.45) is 7.09. The number of guanidine groups is 1. The topological polar surface area (TPSA) is 66.0 Å². The van der Waals surface area contributed by atoms with Crippen molar-refractivity contribution in [1.82, 2.24) is 15.5 Å². The Kier molecular flexibility index (Phi) is 15.1. The second-order valence-electron chi connectivity index (χ2n) is 7.02. The molecule has 26 heavy (non-hydrogen) atoms. The average Bonchev–Trinajstić information content (AvgIpc) is 2.60. The molecule has 0 aliphatic carbocycles. The lowest BCUT2D eigenvalue weighted by Crippen LogP contribution is -2.49. The lowest BCUT2D eigenvalue weighted by Gasteiger charge is -2.35. The molecule has 1 heterocycles. The molecule has 1 fully saturated rings. The van der Waals surface area contributed by atoms with Gasteiger partial charge in [0.05, 0.1) is 6.61 Å². The van der Waals surface area contributed by atoms with E-state index < -0.39 is 0 Å². The van der Waals surface area contributed by atoms with Crippen LogP contribution in [0.1, 0.15) is 65.7 Å². The monoisotopic (exact) mass is 482 g/mol. The molecule has 0 amide bonds. The zero-order valence-electron chi connectivity index (χ0n) is 17.1. The number of likely N-dealkylation sites (tertiary alicyclic amines) is 1. The van der Waals surface area contributed by atoms with E-state index in [4.69, 9.17) is 4.74 Å². The quantitative estimate of drug-likeness (QED) is 0.165. The van der Waals surface area contributed by atoms with E-state index in [0.717, 1.165) is 51.3 Å². The lowest BCUT2D eigenvalue weighted by atomic mass is 10.0. The summed E-state index contributed by atoms with van der Waals surface area (Å²) in [6.45, 7) is 10.1. The average molecular weight is 482 g/mol. The van der Waals surface area contributed by atoms with E-state index in [1.807, 2.05) is 14.0 Å². The first-order valence-electron chi connectivity index (χ1n) is 9.93. The van der Waals surface area contributed by atoms with Gasteiger partial charge < -0.3 is 20.3 Å². The van der Waals surface area contributed by atoms with Gasteiger partial charge in [-0.25, -0.2) is 0 Å². The van der Waals surface area contributed by atoms with Gasteiger partial charge in [0, 0.05) is 45.2 Å². The van der Waals surface area contributed by atoms with Gasteiger partial charge in [-0.1, -0.05) is 12.8 Å². The Hall–Kier alpha value is -0.570. The molecule has 154 valence electrons. The summed E-state index contributed by atoms with van der Waals surface area (Å²) in [7, 11) is 1.83. The Labute approximate surface area is 176 Å². The van der Waals surface area contributed by atoms with Crippen LogP contribution in [0.4, 0.5) is 0 Å². The number of hydrogen-bond donors (Lipinski definition) is 2. The molecule has 0 bridgehead atoms. The van der Waals surface area contributed by atoms with Gasteiger partial charge in [-0.05, 0) is 46.5 Å². The smallest absolute Gasteiger partial charge is 0.305 e. The number of unbranched alkanes of at least 4 members (excludes halogenated alkanes) is 3. The van der Waals surface area contributed by atoms with Crippen molar-refractivity contribution in [3.05, 3.63) is 0 Å². The molecule has 1 saturated heterocycles. The minimum Gasteiger partial charge on any atom is -0.466 e. The summed E-state index contributed by atoms with van der Waals surface area (Å²) in [5.74, 6) is 0.836. The van der Waals surface area contributed by atoms with Crippen LogP contribution in [0.25, 0.3) is 0 Å². The van der Waals surface area contributed by atoms with E-state index in [1.165, 1.54) is 12.8 Å². The highest BCUT2D eigenvalue weighted by Gasteiger charge is 2.21. The molecule has 0 aromatic rings. The molecule has 0 radical (unpaired) electrons. The molecule has 1 rings (SSSR count). The number of ether oxygens (including phenoxy) is 1. The maximum atomic E-state index is 11.2. The maximum Gasteiger partial charge on any atom is 0.305 e. The Balaban J connectivity index is 0.00000625. The van der Waals surface area contributed by atoms with Crippen LogP contribution in [0.3, 0.4) is 0 Å². The molecule has 1 aliphatic heterocycles. The van der Waals surface area contributed by atoms with Crippen LogP contribution in [0.2, 0.25) is 0 Å². The molecule has 0 saturated carbocycles. The van der Waals surface area contributed by atoms with Crippen LogP contribution < -0.4 is 10.6 Å². The van der Waals surface area contributed by atoms with E-state index in [-0.39, 0.29) is 29.9 Å². The van der Waals surface area contributed by atoms with Gasteiger partial charge in [-0.3, -0.25) is 9.79 Å². The summed E-state index contributed by atoms with van der Waals surface area (Å²) in [5, 5.41) is 6.95. The van der Waals surface area contributed by atoms with E-state index in [1.54, 1.807) is 0 Å². The van der Waals surface area contributed by atoms with Crippen molar-refractivity contribution in [2.45, 2.75) is 77.8 Å². The molecule has 0 spiro atoms. The number of nitrogens with one attached hydrogen (secondary N) is 2. The second kappa shape index (κ2) is 15.5. The first-order chi connectivity index (χ1) is 12.1. The molecule has 1 aliphatic rings.